The Hall–Kier alpha value is -0.0800. The normalized spacial score (nSPS) is 47.8. The van der Waals surface area contributed by atoms with Gasteiger partial charge in [-0.25, -0.2) is 0 Å². The highest BCUT2D eigenvalue weighted by Gasteiger charge is 2.43. The van der Waals surface area contributed by atoms with E-state index < -0.39 is 0 Å². The summed E-state index contributed by atoms with van der Waals surface area (Å²) in [5, 5.41) is 14.2. The highest BCUT2D eigenvalue weighted by atomic mass is 16.3. The van der Waals surface area contributed by atoms with Crippen molar-refractivity contribution in [1.29, 1.82) is 0 Å². The molecule has 2 rings (SSSR count). The van der Waals surface area contributed by atoms with Gasteiger partial charge in [-0.15, -0.1) is 0 Å². The monoisotopic (exact) mass is 211 g/mol. The van der Waals surface area contributed by atoms with Crippen molar-refractivity contribution < 1.29 is 5.11 Å². The molecule has 0 radical (unpaired) electrons. The molecule has 1 heterocycles. The number of hydrogen-bond acceptors (Lipinski definition) is 2. The van der Waals surface area contributed by atoms with Crippen LogP contribution in [0.15, 0.2) is 0 Å². The molecule has 1 saturated carbocycles. The van der Waals surface area contributed by atoms with Gasteiger partial charge < -0.3 is 10.4 Å². The zero-order valence-corrected chi connectivity index (χ0v) is 10.1. The first kappa shape index (κ1) is 11.4. The molecule has 2 N–H and O–H groups in total. The van der Waals surface area contributed by atoms with Gasteiger partial charge in [0.25, 0.3) is 0 Å². The molecular weight excluding hydrogens is 186 g/mol. The second-order valence-corrected chi connectivity index (χ2v) is 5.82. The minimum atomic E-state index is -0.375. The first-order chi connectivity index (χ1) is 7.13. The molecule has 1 saturated heterocycles. The van der Waals surface area contributed by atoms with Crippen LogP contribution in [0.25, 0.3) is 0 Å². The molecule has 2 nitrogen and oxygen atoms in total. The van der Waals surface area contributed by atoms with Crippen LogP contribution in [-0.2, 0) is 0 Å². The molecule has 88 valence electrons. The minimum absolute atomic E-state index is 0.375. The summed E-state index contributed by atoms with van der Waals surface area (Å²) < 4.78 is 0. The molecule has 0 spiro atoms. The average Bonchev–Trinajstić information content (AvgIpc) is 2.23. The summed E-state index contributed by atoms with van der Waals surface area (Å²) in [5.74, 6) is 1.79. The van der Waals surface area contributed by atoms with Crippen LogP contribution in [0.4, 0.5) is 0 Å². The fraction of sp³-hybridized carbons (Fsp3) is 1.00. The fourth-order valence-electron chi connectivity index (χ4n) is 3.52. The topological polar surface area (TPSA) is 32.3 Å². The van der Waals surface area contributed by atoms with Crippen LogP contribution in [0.2, 0.25) is 0 Å². The van der Waals surface area contributed by atoms with Crippen molar-refractivity contribution in [1.82, 2.24) is 5.32 Å². The molecule has 1 aliphatic heterocycles. The van der Waals surface area contributed by atoms with E-state index in [1.807, 2.05) is 0 Å². The van der Waals surface area contributed by atoms with Gasteiger partial charge in [-0.05, 0) is 43.6 Å². The van der Waals surface area contributed by atoms with Gasteiger partial charge in [0, 0.05) is 6.54 Å². The van der Waals surface area contributed by atoms with Crippen LogP contribution in [0, 0.1) is 17.8 Å². The summed E-state index contributed by atoms with van der Waals surface area (Å²) in [6, 6.07) is 0. The summed E-state index contributed by atoms with van der Waals surface area (Å²) in [6.07, 6.45) is 6.10. The highest BCUT2D eigenvalue weighted by molar-refractivity contribution is 4.96. The Bertz CT molecular complexity index is 219. The lowest BCUT2D eigenvalue weighted by atomic mass is 9.66. The van der Waals surface area contributed by atoms with E-state index in [2.05, 4.69) is 19.2 Å². The second kappa shape index (κ2) is 4.42. The third kappa shape index (κ3) is 2.21. The molecule has 0 aromatic heterocycles. The summed E-state index contributed by atoms with van der Waals surface area (Å²) in [5.41, 5.74) is -0.375. The van der Waals surface area contributed by atoms with E-state index in [-0.39, 0.29) is 5.60 Å². The summed E-state index contributed by atoms with van der Waals surface area (Å²) >= 11 is 0. The number of piperidine rings is 1. The average molecular weight is 211 g/mol. The lowest BCUT2D eigenvalue weighted by Crippen LogP contribution is -2.54. The van der Waals surface area contributed by atoms with Crippen molar-refractivity contribution in [2.75, 3.05) is 13.1 Å². The molecule has 2 fully saturated rings. The van der Waals surface area contributed by atoms with Crippen molar-refractivity contribution in [3.05, 3.63) is 0 Å². The van der Waals surface area contributed by atoms with Crippen molar-refractivity contribution in [3.8, 4) is 0 Å². The van der Waals surface area contributed by atoms with Gasteiger partial charge in [-0.1, -0.05) is 26.7 Å². The van der Waals surface area contributed by atoms with Gasteiger partial charge >= 0.3 is 0 Å². The van der Waals surface area contributed by atoms with Crippen LogP contribution in [0.5, 0.6) is 0 Å². The molecule has 2 heteroatoms. The van der Waals surface area contributed by atoms with Crippen LogP contribution in [0.1, 0.15) is 46.0 Å². The Balaban J connectivity index is 2.05. The quantitative estimate of drug-likeness (QED) is 0.697. The van der Waals surface area contributed by atoms with Gasteiger partial charge in [-0.2, -0.15) is 0 Å². The third-order valence-corrected chi connectivity index (χ3v) is 4.65. The summed E-state index contributed by atoms with van der Waals surface area (Å²) in [4.78, 5) is 0. The molecule has 0 bridgehead atoms. The lowest BCUT2D eigenvalue weighted by Gasteiger charge is -2.46. The Labute approximate surface area is 93.5 Å². The zero-order chi connectivity index (χ0) is 10.9. The second-order valence-electron chi connectivity index (χ2n) is 5.82. The van der Waals surface area contributed by atoms with E-state index in [1.54, 1.807) is 0 Å². The van der Waals surface area contributed by atoms with E-state index in [9.17, 15) is 5.11 Å². The Morgan fingerprint density at radius 1 is 1.27 bits per heavy atom. The Morgan fingerprint density at radius 3 is 2.73 bits per heavy atom. The predicted octanol–water partition coefficient (Wildman–Crippen LogP) is 2.17. The summed E-state index contributed by atoms with van der Waals surface area (Å²) in [6.45, 7) is 6.51. The van der Waals surface area contributed by atoms with Crippen LogP contribution >= 0.6 is 0 Å². The van der Waals surface area contributed by atoms with Gasteiger partial charge in [0.2, 0.25) is 0 Å². The molecule has 0 aromatic rings. The largest absolute Gasteiger partial charge is 0.389 e. The number of nitrogens with one attached hydrogen (secondary N) is 1. The van der Waals surface area contributed by atoms with Crippen molar-refractivity contribution in [2.45, 2.75) is 51.6 Å². The molecule has 4 unspecified atom stereocenters. The van der Waals surface area contributed by atoms with Gasteiger partial charge in [-0.3, -0.25) is 0 Å². The summed E-state index contributed by atoms with van der Waals surface area (Å²) in [7, 11) is 0. The highest BCUT2D eigenvalue weighted by Crippen LogP contribution is 2.42. The fourth-order valence-corrected chi connectivity index (χ4v) is 3.52. The van der Waals surface area contributed by atoms with E-state index in [0.717, 1.165) is 25.4 Å². The smallest absolute Gasteiger partial charge is 0.0725 e. The molecule has 1 aliphatic carbocycles. The van der Waals surface area contributed by atoms with Gasteiger partial charge in [0.05, 0.1) is 5.60 Å². The third-order valence-electron chi connectivity index (χ3n) is 4.65. The first-order valence-corrected chi connectivity index (χ1v) is 6.56. The van der Waals surface area contributed by atoms with Crippen LogP contribution in [0.3, 0.4) is 0 Å². The first-order valence-electron chi connectivity index (χ1n) is 6.56. The number of hydrogen-bond donors (Lipinski definition) is 2. The predicted molar refractivity (Wildman–Crippen MR) is 62.7 cm³/mol. The van der Waals surface area contributed by atoms with Crippen LogP contribution < -0.4 is 5.32 Å². The van der Waals surface area contributed by atoms with Crippen molar-refractivity contribution in [2.24, 2.45) is 17.8 Å². The van der Waals surface area contributed by atoms with Gasteiger partial charge in [0.1, 0.15) is 0 Å². The maximum Gasteiger partial charge on any atom is 0.0725 e. The standard InChI is InChI=1S/C13H25NO/c1-10-4-3-5-12(8-10)13(15)6-7-14-9-11(13)2/h10-12,14-15H,3-9H2,1-2H3. The van der Waals surface area contributed by atoms with E-state index in [4.69, 9.17) is 0 Å². The number of aliphatic hydroxyl groups is 1. The minimum Gasteiger partial charge on any atom is -0.389 e. The zero-order valence-electron chi connectivity index (χ0n) is 10.1. The molecule has 2 aliphatic rings. The molecule has 0 amide bonds. The molecule has 15 heavy (non-hydrogen) atoms. The molecule has 0 aromatic carbocycles. The van der Waals surface area contributed by atoms with Crippen molar-refractivity contribution in [3.63, 3.8) is 0 Å². The van der Waals surface area contributed by atoms with Gasteiger partial charge in [0.15, 0.2) is 0 Å². The van der Waals surface area contributed by atoms with Crippen molar-refractivity contribution >= 4 is 0 Å². The number of rotatable bonds is 1. The van der Waals surface area contributed by atoms with E-state index in [0.29, 0.717) is 11.8 Å². The van der Waals surface area contributed by atoms with E-state index in [1.165, 1.54) is 25.7 Å². The molecule has 4 atom stereocenters. The molecular formula is C13H25NO. The maximum atomic E-state index is 10.8. The van der Waals surface area contributed by atoms with Crippen LogP contribution in [-0.4, -0.2) is 23.8 Å². The SMILES string of the molecule is CC1CCCC(C2(O)CCNCC2C)C1. The van der Waals surface area contributed by atoms with E-state index >= 15 is 0 Å². The lowest BCUT2D eigenvalue weighted by molar-refractivity contribution is -0.0974. The Morgan fingerprint density at radius 2 is 2.07 bits per heavy atom. The Kier molecular flexibility index (Phi) is 3.36. The maximum absolute atomic E-state index is 10.8.